The average molecular weight is 523 g/mol. The molecular formula is C24H21N5O9. The number of rotatable bonds is 5. The Morgan fingerprint density at radius 3 is 2.32 bits per heavy atom. The Morgan fingerprint density at radius 1 is 0.974 bits per heavy atom. The van der Waals surface area contributed by atoms with Crippen LogP contribution < -0.4 is 22.1 Å². The summed E-state index contributed by atoms with van der Waals surface area (Å²) in [4.78, 5) is 80.1. The summed E-state index contributed by atoms with van der Waals surface area (Å²) in [5, 5.41) is 19.0. The fraction of sp³-hybridized carbons (Fsp3) is 0.208. The quantitative estimate of drug-likeness (QED) is 0.208. The lowest BCUT2D eigenvalue weighted by molar-refractivity contribution is 0.0659. The number of imidazole rings is 1. The average Bonchev–Trinajstić information content (AvgIpc) is 3.33. The number of nitrogens with zero attached hydrogens (tertiary/aromatic N) is 2. The van der Waals surface area contributed by atoms with E-state index in [0.29, 0.717) is 23.9 Å². The lowest BCUT2D eigenvalue weighted by Crippen LogP contribution is -2.21. The van der Waals surface area contributed by atoms with Gasteiger partial charge in [0.25, 0.3) is 5.56 Å². The molecule has 0 radical (unpaired) electrons. The molecule has 0 atom stereocenters. The number of H-pyrrole nitrogens is 3. The molecule has 0 aliphatic carbocycles. The molecule has 14 heteroatoms. The van der Waals surface area contributed by atoms with Crippen molar-refractivity contribution >= 4 is 45.0 Å². The van der Waals surface area contributed by atoms with Crippen LogP contribution in [-0.4, -0.2) is 46.7 Å². The molecule has 0 spiro atoms. The van der Waals surface area contributed by atoms with E-state index < -0.39 is 39.8 Å². The molecule has 1 aromatic carbocycles. The molecule has 5 N–H and O–H groups in total. The third kappa shape index (κ3) is 4.50. The van der Waals surface area contributed by atoms with Gasteiger partial charge in [0.15, 0.2) is 16.5 Å². The second kappa shape index (κ2) is 10.0. The number of carbonyl (C=O) groups is 2. The van der Waals surface area contributed by atoms with E-state index in [0.717, 1.165) is 12.1 Å². The second-order valence-corrected chi connectivity index (χ2v) is 8.14. The number of aryl methyl sites for hydroxylation is 2. The molecule has 14 nitrogen and oxygen atoms in total. The fourth-order valence-corrected chi connectivity index (χ4v) is 4.20. The minimum atomic E-state index is -1.39. The third-order valence-electron chi connectivity index (χ3n) is 5.75. The molecule has 0 saturated heterocycles. The Hall–Kier alpha value is -5.27. The highest BCUT2D eigenvalue weighted by molar-refractivity contribution is 6.01. The Bertz CT molecular complexity index is 1970. The van der Waals surface area contributed by atoms with E-state index in [1.807, 2.05) is 6.92 Å². The molecule has 38 heavy (non-hydrogen) atoms. The summed E-state index contributed by atoms with van der Waals surface area (Å²) >= 11 is 0. The maximum Gasteiger partial charge on any atom is 0.371 e. The lowest BCUT2D eigenvalue weighted by Gasteiger charge is -2.17. The molecule has 0 bridgehead atoms. The van der Waals surface area contributed by atoms with Crippen molar-refractivity contribution in [3.05, 3.63) is 82.8 Å². The molecule has 0 amide bonds. The first-order chi connectivity index (χ1) is 18.1. The van der Waals surface area contributed by atoms with Crippen molar-refractivity contribution in [2.24, 2.45) is 0 Å². The summed E-state index contributed by atoms with van der Waals surface area (Å²) < 4.78 is 6.94. The van der Waals surface area contributed by atoms with E-state index in [-0.39, 0.29) is 39.8 Å². The molecule has 5 aromatic rings. The number of aromatic carboxylic acids is 2. The summed E-state index contributed by atoms with van der Waals surface area (Å²) in [6.45, 7) is 3.88. The van der Waals surface area contributed by atoms with Crippen molar-refractivity contribution in [1.29, 1.82) is 0 Å². The predicted molar refractivity (Wildman–Crippen MR) is 135 cm³/mol. The lowest BCUT2D eigenvalue weighted by atomic mass is 10.00. The standard InChI is InChI=1S/C19H17NO7.C5H4N4O2/c1-3-5-9-16-10(13(21)7-12(18(23)24)20(16)4-2)6-11-14(22)8-15(19(25)26)27-17(9)11;10-4-2-3(7-1-6-2)8-5(11)9-4/h6-8H,3-5H2,1-2H3,(H,23,24)(H,25,26);1H,(H3,6,7,8,9,10,11). The van der Waals surface area contributed by atoms with E-state index in [1.165, 1.54) is 17.0 Å². The first-order valence-corrected chi connectivity index (χ1v) is 11.4. The zero-order chi connectivity index (χ0) is 27.7. The van der Waals surface area contributed by atoms with Crippen LogP contribution in [0.25, 0.3) is 33.0 Å². The second-order valence-electron chi connectivity index (χ2n) is 8.14. The molecule has 196 valence electrons. The number of nitrogens with one attached hydrogen (secondary N) is 3. The fourth-order valence-electron chi connectivity index (χ4n) is 4.20. The highest BCUT2D eigenvalue weighted by atomic mass is 16.4. The molecule has 4 aromatic heterocycles. The van der Waals surface area contributed by atoms with Crippen molar-refractivity contribution in [2.45, 2.75) is 33.2 Å². The number of aromatic amines is 3. The van der Waals surface area contributed by atoms with E-state index in [9.17, 15) is 39.0 Å². The summed E-state index contributed by atoms with van der Waals surface area (Å²) in [7, 11) is 0. The van der Waals surface area contributed by atoms with Gasteiger partial charge in [-0.15, -0.1) is 0 Å². The van der Waals surface area contributed by atoms with Gasteiger partial charge in [0.05, 0.1) is 17.2 Å². The van der Waals surface area contributed by atoms with Crippen molar-refractivity contribution in [3.8, 4) is 0 Å². The van der Waals surface area contributed by atoms with Crippen LogP contribution in [-0.2, 0) is 13.0 Å². The van der Waals surface area contributed by atoms with E-state index in [1.54, 1.807) is 6.92 Å². The minimum Gasteiger partial charge on any atom is -0.477 e. The summed E-state index contributed by atoms with van der Waals surface area (Å²) in [6, 6.07) is 3.25. The predicted octanol–water partition coefficient (Wildman–Crippen LogP) is 1.42. The van der Waals surface area contributed by atoms with Gasteiger partial charge in [-0.1, -0.05) is 13.3 Å². The largest absolute Gasteiger partial charge is 0.477 e. The summed E-state index contributed by atoms with van der Waals surface area (Å²) in [5.74, 6) is -3.15. The van der Waals surface area contributed by atoms with Crippen molar-refractivity contribution < 1.29 is 24.2 Å². The number of aromatic nitrogens is 5. The number of carboxylic acids is 2. The van der Waals surface area contributed by atoms with Gasteiger partial charge in [-0.25, -0.2) is 19.4 Å². The smallest absolute Gasteiger partial charge is 0.371 e. The van der Waals surface area contributed by atoms with E-state index in [2.05, 4.69) is 19.9 Å². The normalized spacial score (nSPS) is 11.0. The van der Waals surface area contributed by atoms with Crippen LogP contribution in [0.3, 0.4) is 0 Å². The number of hydrogen-bond donors (Lipinski definition) is 5. The molecular weight excluding hydrogens is 502 g/mol. The maximum absolute atomic E-state index is 12.6. The van der Waals surface area contributed by atoms with E-state index in [4.69, 9.17) is 4.42 Å². The van der Waals surface area contributed by atoms with Gasteiger partial charge in [-0.05, 0) is 19.4 Å². The SMILES string of the molecule is CCCc1c2oc(C(=O)O)cc(=O)c2cc2c(=O)cc(C(=O)O)n(CC)c12.O=c1[nH]c(=O)c2[nH]cnc2[nH]1. The van der Waals surface area contributed by atoms with Gasteiger partial charge in [-0.3, -0.25) is 24.4 Å². The first kappa shape index (κ1) is 25.8. The number of fused-ring (bicyclic) bond motifs is 3. The monoisotopic (exact) mass is 523 g/mol. The number of benzene rings is 1. The van der Waals surface area contributed by atoms with Crippen LogP contribution in [0, 0.1) is 0 Å². The highest BCUT2D eigenvalue weighted by Gasteiger charge is 2.21. The maximum atomic E-state index is 12.6. The molecule has 4 heterocycles. The van der Waals surface area contributed by atoms with Gasteiger partial charge in [0.2, 0.25) is 5.76 Å². The molecule has 0 aliphatic rings. The van der Waals surface area contributed by atoms with Gasteiger partial charge in [0, 0.05) is 29.6 Å². The Labute approximate surface area is 210 Å². The molecule has 0 unspecified atom stereocenters. The zero-order valence-corrected chi connectivity index (χ0v) is 20.1. The van der Waals surface area contributed by atoms with Crippen LogP contribution in [0.5, 0.6) is 0 Å². The Morgan fingerprint density at radius 2 is 1.68 bits per heavy atom. The summed E-state index contributed by atoms with van der Waals surface area (Å²) in [6.07, 6.45) is 2.34. The number of hydrogen-bond acceptors (Lipinski definition) is 8. The van der Waals surface area contributed by atoms with Gasteiger partial charge in [0.1, 0.15) is 16.8 Å². The molecule has 5 rings (SSSR count). The zero-order valence-electron chi connectivity index (χ0n) is 20.1. The van der Waals surface area contributed by atoms with Gasteiger partial charge < -0.3 is 24.2 Å². The van der Waals surface area contributed by atoms with Crippen molar-refractivity contribution in [2.75, 3.05) is 0 Å². The number of carboxylic acid groups (broad SMARTS) is 2. The van der Waals surface area contributed by atoms with Crippen LogP contribution in [0.4, 0.5) is 0 Å². The van der Waals surface area contributed by atoms with Crippen LogP contribution in [0.15, 0.2) is 48.1 Å². The van der Waals surface area contributed by atoms with Gasteiger partial charge >= 0.3 is 17.6 Å². The third-order valence-corrected chi connectivity index (χ3v) is 5.75. The number of pyridine rings is 1. The highest BCUT2D eigenvalue weighted by Crippen LogP contribution is 2.28. The van der Waals surface area contributed by atoms with Crippen LogP contribution in [0.1, 0.15) is 46.9 Å². The molecule has 0 aliphatic heterocycles. The Kier molecular flexibility index (Phi) is 6.79. The van der Waals surface area contributed by atoms with Crippen LogP contribution in [0.2, 0.25) is 0 Å². The molecule has 0 fully saturated rings. The topological polar surface area (TPSA) is 221 Å². The molecule has 0 saturated carbocycles. The van der Waals surface area contributed by atoms with Crippen molar-refractivity contribution in [1.82, 2.24) is 24.5 Å². The summed E-state index contributed by atoms with van der Waals surface area (Å²) in [5.41, 5.74) is -0.846. The Balaban J connectivity index is 0.000000253. The van der Waals surface area contributed by atoms with E-state index >= 15 is 0 Å². The van der Waals surface area contributed by atoms with Crippen molar-refractivity contribution in [3.63, 3.8) is 0 Å². The first-order valence-electron chi connectivity index (χ1n) is 11.4. The van der Waals surface area contributed by atoms with Crippen LogP contribution >= 0.6 is 0 Å². The van der Waals surface area contributed by atoms with Gasteiger partial charge in [-0.2, -0.15) is 0 Å². The minimum absolute atomic E-state index is 0.0680.